The average Bonchev–Trinajstić information content (AvgIpc) is 3.01. The summed E-state index contributed by atoms with van der Waals surface area (Å²) in [4.78, 5) is 21.2. The molecule has 0 aliphatic carbocycles. The zero-order valence-electron chi connectivity index (χ0n) is 14.5. The molecule has 136 valence electrons. The van der Waals surface area contributed by atoms with Gasteiger partial charge in [-0.1, -0.05) is 41.0 Å². The van der Waals surface area contributed by atoms with Crippen LogP contribution in [-0.4, -0.2) is 31.7 Å². The summed E-state index contributed by atoms with van der Waals surface area (Å²) < 4.78 is 1.68. The van der Waals surface area contributed by atoms with Crippen molar-refractivity contribution >= 4 is 46.6 Å². The second kappa shape index (κ2) is 7.82. The van der Waals surface area contributed by atoms with E-state index in [0.29, 0.717) is 27.5 Å². The lowest BCUT2D eigenvalue weighted by Gasteiger charge is -2.11. The van der Waals surface area contributed by atoms with Crippen molar-refractivity contribution in [1.82, 2.24) is 24.9 Å². The van der Waals surface area contributed by atoms with Crippen LogP contribution in [0.2, 0.25) is 10.0 Å². The first-order valence-corrected chi connectivity index (χ1v) is 9.84. The summed E-state index contributed by atoms with van der Waals surface area (Å²) in [7, 11) is 0. The van der Waals surface area contributed by atoms with Crippen LogP contribution in [0.4, 0.5) is 0 Å². The van der Waals surface area contributed by atoms with Crippen LogP contribution >= 0.6 is 35.0 Å². The van der Waals surface area contributed by atoms with E-state index in [0.717, 1.165) is 22.5 Å². The summed E-state index contributed by atoms with van der Waals surface area (Å²) in [5, 5.41) is 9.02. The minimum Gasteiger partial charge on any atom is -0.352 e. The van der Waals surface area contributed by atoms with E-state index in [1.807, 2.05) is 20.1 Å². The number of fused-ring (bicyclic) bond motifs is 1. The first kappa shape index (κ1) is 18.9. The number of thioether (sulfide) groups is 1. The van der Waals surface area contributed by atoms with Crippen LogP contribution in [0, 0.1) is 13.8 Å². The molecule has 9 heteroatoms. The van der Waals surface area contributed by atoms with E-state index in [1.165, 1.54) is 11.8 Å². The summed E-state index contributed by atoms with van der Waals surface area (Å²) in [5.74, 6) is 0.426. The van der Waals surface area contributed by atoms with Gasteiger partial charge in [0.15, 0.2) is 0 Å². The number of halogens is 2. The van der Waals surface area contributed by atoms with Gasteiger partial charge in [-0.3, -0.25) is 4.79 Å². The molecule has 2 aromatic heterocycles. The lowest BCUT2D eigenvalue weighted by molar-refractivity contribution is -0.120. The second-order valence-corrected chi connectivity index (χ2v) is 7.38. The molecule has 0 radical (unpaired) electrons. The van der Waals surface area contributed by atoms with E-state index in [-0.39, 0.29) is 12.3 Å². The monoisotopic (exact) mass is 409 g/mol. The van der Waals surface area contributed by atoms with Crippen molar-refractivity contribution in [2.45, 2.75) is 32.0 Å². The number of hydrogen-bond donors (Lipinski definition) is 1. The molecule has 3 rings (SSSR count). The fraction of sp³-hybridized carbons (Fsp3) is 0.294. The highest BCUT2D eigenvalue weighted by Gasteiger charge is 2.16. The number of aromatic nitrogens is 4. The lowest BCUT2D eigenvalue weighted by Crippen LogP contribution is -2.26. The molecule has 0 aliphatic heterocycles. The van der Waals surface area contributed by atoms with Crippen molar-refractivity contribution in [3.05, 3.63) is 50.8 Å². The van der Waals surface area contributed by atoms with Gasteiger partial charge < -0.3 is 5.32 Å². The van der Waals surface area contributed by atoms with Gasteiger partial charge in [-0.25, -0.2) is 9.50 Å². The van der Waals surface area contributed by atoms with E-state index in [9.17, 15) is 4.79 Å². The first-order valence-electron chi connectivity index (χ1n) is 7.86. The third kappa shape index (κ3) is 3.95. The van der Waals surface area contributed by atoms with Crippen molar-refractivity contribution in [3.8, 4) is 0 Å². The summed E-state index contributed by atoms with van der Waals surface area (Å²) >= 11 is 13.5. The Labute approximate surface area is 165 Å². The average molecular weight is 410 g/mol. The minimum absolute atomic E-state index is 0.117. The Bertz CT molecular complexity index is 989. The Morgan fingerprint density at radius 1 is 1.27 bits per heavy atom. The largest absolute Gasteiger partial charge is 0.352 e. The second-order valence-electron chi connectivity index (χ2n) is 5.76. The molecule has 0 fully saturated rings. The summed E-state index contributed by atoms with van der Waals surface area (Å²) in [6, 6.07) is 5.20. The first-order chi connectivity index (χ1) is 12.4. The molecule has 0 saturated heterocycles. The molecule has 3 aromatic rings. The van der Waals surface area contributed by atoms with E-state index >= 15 is 0 Å². The molecule has 6 nitrogen and oxygen atoms in total. The van der Waals surface area contributed by atoms with Crippen molar-refractivity contribution in [3.63, 3.8) is 0 Å². The highest BCUT2D eigenvalue weighted by molar-refractivity contribution is 7.98. The Morgan fingerprint density at radius 3 is 2.73 bits per heavy atom. The Hall–Kier alpha value is -1.83. The van der Waals surface area contributed by atoms with Crippen LogP contribution in [0.5, 0.6) is 0 Å². The van der Waals surface area contributed by atoms with E-state index in [4.69, 9.17) is 23.2 Å². The maximum absolute atomic E-state index is 12.4. The molecule has 0 unspecified atom stereocenters. The van der Waals surface area contributed by atoms with Crippen LogP contribution in [0.15, 0.2) is 23.4 Å². The fourth-order valence-corrected chi connectivity index (χ4v) is 3.43. The predicted octanol–water partition coefficient (Wildman–Crippen LogP) is 3.63. The number of nitrogens with zero attached hydrogens (tertiary/aromatic N) is 4. The summed E-state index contributed by atoms with van der Waals surface area (Å²) in [5.41, 5.74) is 3.29. The van der Waals surface area contributed by atoms with Gasteiger partial charge in [0.25, 0.3) is 5.78 Å². The molecule has 0 spiro atoms. The summed E-state index contributed by atoms with van der Waals surface area (Å²) in [6.45, 7) is 4.13. The number of carbonyl (C=O) groups is 1. The number of nitrogens with one attached hydrogen (secondary N) is 1. The van der Waals surface area contributed by atoms with Crippen LogP contribution < -0.4 is 5.32 Å². The van der Waals surface area contributed by atoms with Gasteiger partial charge in [0.2, 0.25) is 11.1 Å². The van der Waals surface area contributed by atoms with Crippen LogP contribution in [0.25, 0.3) is 5.78 Å². The number of aryl methyl sites for hydroxylation is 2. The highest BCUT2D eigenvalue weighted by atomic mass is 35.5. The zero-order chi connectivity index (χ0) is 18.8. The molecule has 26 heavy (non-hydrogen) atoms. The van der Waals surface area contributed by atoms with Gasteiger partial charge >= 0.3 is 0 Å². The molecular weight excluding hydrogens is 393 g/mol. The van der Waals surface area contributed by atoms with Crippen LogP contribution in [0.3, 0.4) is 0 Å². The number of amides is 1. The molecular formula is C17H17Cl2N5OS. The normalized spacial score (nSPS) is 11.1. The SMILES string of the molecule is CSc1nc2nc(C)c(CC(=O)NCc3ccc(Cl)cc3Cl)c(C)n2n1. The van der Waals surface area contributed by atoms with Gasteiger partial charge in [-0.15, -0.1) is 5.10 Å². The van der Waals surface area contributed by atoms with Gasteiger partial charge in [0.05, 0.1) is 6.42 Å². The molecule has 0 bridgehead atoms. The molecule has 2 heterocycles. The van der Waals surface area contributed by atoms with Crippen molar-refractivity contribution in [2.75, 3.05) is 6.26 Å². The molecule has 1 N–H and O–H groups in total. The van der Waals surface area contributed by atoms with E-state index < -0.39 is 0 Å². The van der Waals surface area contributed by atoms with Gasteiger partial charge in [-0.05, 0) is 37.8 Å². The van der Waals surface area contributed by atoms with Crippen molar-refractivity contribution in [1.29, 1.82) is 0 Å². The molecule has 1 aromatic carbocycles. The minimum atomic E-state index is -0.117. The van der Waals surface area contributed by atoms with Crippen LogP contribution in [0.1, 0.15) is 22.5 Å². The fourth-order valence-electron chi connectivity index (χ4n) is 2.61. The molecule has 0 aliphatic rings. The van der Waals surface area contributed by atoms with Gasteiger partial charge in [0.1, 0.15) is 0 Å². The topological polar surface area (TPSA) is 72.2 Å². The van der Waals surface area contributed by atoms with Gasteiger partial charge in [-0.2, -0.15) is 4.98 Å². The van der Waals surface area contributed by atoms with Gasteiger partial charge in [0, 0.05) is 33.5 Å². The quantitative estimate of drug-likeness (QED) is 0.651. The van der Waals surface area contributed by atoms with E-state index in [2.05, 4.69) is 20.4 Å². The zero-order valence-corrected chi connectivity index (χ0v) is 16.8. The van der Waals surface area contributed by atoms with Crippen molar-refractivity contribution < 1.29 is 4.79 Å². The predicted molar refractivity (Wildman–Crippen MR) is 104 cm³/mol. The Balaban J connectivity index is 1.76. The molecule has 0 saturated carbocycles. The van der Waals surface area contributed by atoms with Crippen molar-refractivity contribution in [2.24, 2.45) is 0 Å². The Morgan fingerprint density at radius 2 is 2.04 bits per heavy atom. The maximum Gasteiger partial charge on any atom is 0.253 e. The standard InChI is InChI=1S/C17H17Cl2N5OS/c1-9-13(10(2)24-16(21-9)22-17(23-24)26-3)7-15(25)20-8-11-4-5-12(18)6-14(11)19/h4-6H,7-8H2,1-3H3,(H,20,25). The number of rotatable bonds is 5. The third-order valence-electron chi connectivity index (χ3n) is 4.04. The summed E-state index contributed by atoms with van der Waals surface area (Å²) in [6.07, 6.45) is 2.12. The molecule has 0 atom stereocenters. The number of hydrogen-bond acceptors (Lipinski definition) is 5. The number of benzene rings is 1. The lowest BCUT2D eigenvalue weighted by atomic mass is 10.1. The Kier molecular flexibility index (Phi) is 5.70. The number of carbonyl (C=O) groups excluding carboxylic acids is 1. The third-order valence-corrected chi connectivity index (χ3v) is 5.17. The molecule has 1 amide bonds. The highest BCUT2D eigenvalue weighted by Crippen LogP contribution is 2.21. The van der Waals surface area contributed by atoms with E-state index in [1.54, 1.807) is 22.7 Å². The van der Waals surface area contributed by atoms with Crippen LogP contribution in [-0.2, 0) is 17.8 Å². The maximum atomic E-state index is 12.4. The smallest absolute Gasteiger partial charge is 0.253 e.